The first-order chi connectivity index (χ1) is 14.3. The normalized spacial score (nSPS) is 14.1. The number of aromatic nitrogens is 2. The highest BCUT2D eigenvalue weighted by Gasteiger charge is 2.27. The predicted molar refractivity (Wildman–Crippen MR) is 113 cm³/mol. The van der Waals surface area contributed by atoms with Crippen molar-refractivity contribution < 1.29 is 18.0 Å². The van der Waals surface area contributed by atoms with Crippen LogP contribution < -0.4 is 10.0 Å². The van der Waals surface area contributed by atoms with Crippen molar-refractivity contribution in [2.45, 2.75) is 31.6 Å². The molecule has 1 aliphatic heterocycles. The van der Waals surface area contributed by atoms with Gasteiger partial charge >= 0.3 is 0 Å². The van der Waals surface area contributed by atoms with E-state index in [9.17, 15) is 18.0 Å². The number of nitrogens with zero attached hydrogens (tertiary/aromatic N) is 2. The van der Waals surface area contributed by atoms with Gasteiger partial charge in [-0.05, 0) is 43.2 Å². The third kappa shape index (κ3) is 3.59. The molecule has 0 aliphatic carbocycles. The summed E-state index contributed by atoms with van der Waals surface area (Å²) in [5.41, 5.74) is 2.61. The van der Waals surface area contributed by atoms with Crippen molar-refractivity contribution in [1.29, 1.82) is 0 Å². The van der Waals surface area contributed by atoms with Gasteiger partial charge in [0.05, 0.1) is 10.6 Å². The molecule has 0 spiro atoms. The van der Waals surface area contributed by atoms with E-state index in [4.69, 9.17) is 0 Å². The number of hydrogen-bond acceptors (Lipinski definition) is 5. The summed E-state index contributed by atoms with van der Waals surface area (Å²) in [6.45, 7) is 3.42. The Labute approximate surface area is 174 Å². The van der Waals surface area contributed by atoms with Gasteiger partial charge in [-0.1, -0.05) is 30.3 Å². The Morgan fingerprint density at radius 1 is 1.03 bits per heavy atom. The molecule has 1 aromatic heterocycles. The number of hydrogen-bond donors (Lipinski definition) is 2. The van der Waals surface area contributed by atoms with E-state index < -0.39 is 10.0 Å². The Hall–Kier alpha value is -3.46. The van der Waals surface area contributed by atoms with Crippen molar-refractivity contribution in [3.05, 3.63) is 59.8 Å². The fourth-order valence-electron chi connectivity index (χ4n) is 3.45. The van der Waals surface area contributed by atoms with Crippen LogP contribution in [0, 0.1) is 13.8 Å². The molecule has 0 saturated heterocycles. The SMILES string of the molecule is Cc1ccc(-c2c(C)nn3c2NC(=O)CCC3=O)cc1S(=O)(=O)Nc1ccccc1. The summed E-state index contributed by atoms with van der Waals surface area (Å²) in [6, 6.07) is 13.6. The Morgan fingerprint density at radius 2 is 1.77 bits per heavy atom. The molecule has 0 unspecified atom stereocenters. The van der Waals surface area contributed by atoms with Gasteiger partial charge in [-0.3, -0.25) is 14.3 Å². The Bertz CT molecular complexity index is 1260. The van der Waals surface area contributed by atoms with Gasteiger partial charge in [0.25, 0.3) is 10.0 Å². The lowest BCUT2D eigenvalue weighted by Gasteiger charge is -2.13. The topological polar surface area (TPSA) is 110 Å². The molecule has 0 fully saturated rings. The molecule has 1 amide bonds. The highest BCUT2D eigenvalue weighted by Crippen LogP contribution is 2.35. The number of aryl methyl sites for hydroxylation is 2. The molecule has 1 aliphatic rings. The average molecular weight is 424 g/mol. The molecule has 8 nitrogen and oxygen atoms in total. The third-order valence-electron chi connectivity index (χ3n) is 4.91. The summed E-state index contributed by atoms with van der Waals surface area (Å²) < 4.78 is 29.8. The lowest BCUT2D eigenvalue weighted by atomic mass is 10.0. The van der Waals surface area contributed by atoms with Crippen molar-refractivity contribution >= 4 is 33.3 Å². The zero-order valence-corrected chi connectivity index (χ0v) is 17.3. The van der Waals surface area contributed by atoms with Crippen molar-refractivity contribution in [2.24, 2.45) is 0 Å². The fourth-order valence-corrected chi connectivity index (χ4v) is 4.78. The number of carbonyl (C=O) groups is 2. The lowest BCUT2D eigenvalue weighted by molar-refractivity contribution is -0.116. The van der Waals surface area contributed by atoms with Gasteiger partial charge < -0.3 is 5.32 Å². The van der Waals surface area contributed by atoms with Crippen LogP contribution in [0.4, 0.5) is 11.5 Å². The molecule has 9 heteroatoms. The second kappa shape index (κ2) is 7.42. The highest BCUT2D eigenvalue weighted by atomic mass is 32.2. The van der Waals surface area contributed by atoms with E-state index in [-0.39, 0.29) is 35.4 Å². The number of benzene rings is 2. The first-order valence-electron chi connectivity index (χ1n) is 9.38. The van der Waals surface area contributed by atoms with Crippen LogP contribution in [0.5, 0.6) is 0 Å². The van der Waals surface area contributed by atoms with Crippen LogP contribution in [0.15, 0.2) is 53.4 Å². The Balaban J connectivity index is 1.82. The van der Waals surface area contributed by atoms with Crippen LogP contribution in [0.1, 0.15) is 28.9 Å². The number of para-hydroxylation sites is 1. The summed E-state index contributed by atoms with van der Waals surface area (Å²) in [6.07, 6.45) is 0.142. The third-order valence-corrected chi connectivity index (χ3v) is 6.44. The molecule has 2 aromatic carbocycles. The number of nitrogens with one attached hydrogen (secondary N) is 2. The van der Waals surface area contributed by atoms with Crippen LogP contribution >= 0.6 is 0 Å². The molecule has 0 bridgehead atoms. The summed E-state index contributed by atoms with van der Waals surface area (Å²) in [7, 11) is -3.85. The zero-order valence-electron chi connectivity index (χ0n) is 16.5. The van der Waals surface area contributed by atoms with Gasteiger partial charge in [0.1, 0.15) is 5.82 Å². The number of rotatable bonds is 4. The maximum atomic E-state index is 13.0. The molecule has 0 saturated carbocycles. The largest absolute Gasteiger partial charge is 0.310 e. The van der Waals surface area contributed by atoms with E-state index in [1.165, 1.54) is 10.7 Å². The maximum absolute atomic E-state index is 13.0. The van der Waals surface area contributed by atoms with E-state index in [1.54, 1.807) is 56.3 Å². The monoisotopic (exact) mass is 424 g/mol. The first kappa shape index (κ1) is 19.8. The number of fused-ring (bicyclic) bond motifs is 1. The van der Waals surface area contributed by atoms with E-state index >= 15 is 0 Å². The first-order valence-corrected chi connectivity index (χ1v) is 10.9. The van der Waals surface area contributed by atoms with Gasteiger partial charge in [-0.25, -0.2) is 8.42 Å². The van der Waals surface area contributed by atoms with Gasteiger partial charge in [-0.2, -0.15) is 9.78 Å². The van der Waals surface area contributed by atoms with Gasteiger partial charge in [0, 0.05) is 24.1 Å². The maximum Gasteiger partial charge on any atom is 0.262 e. The Kier molecular flexibility index (Phi) is 4.90. The summed E-state index contributed by atoms with van der Waals surface area (Å²) in [4.78, 5) is 24.5. The van der Waals surface area contributed by atoms with Crippen LogP contribution in [0.3, 0.4) is 0 Å². The van der Waals surface area contributed by atoms with Crippen LogP contribution in [0.2, 0.25) is 0 Å². The Morgan fingerprint density at radius 3 is 2.50 bits per heavy atom. The summed E-state index contributed by atoms with van der Waals surface area (Å²) in [5.74, 6) is -0.305. The summed E-state index contributed by atoms with van der Waals surface area (Å²) in [5, 5.41) is 7.00. The quantitative estimate of drug-likeness (QED) is 0.667. The van der Waals surface area contributed by atoms with Crippen molar-refractivity contribution in [2.75, 3.05) is 10.0 Å². The zero-order chi connectivity index (χ0) is 21.5. The minimum atomic E-state index is -3.85. The fraction of sp³-hybridized carbons (Fsp3) is 0.190. The van der Waals surface area contributed by atoms with Crippen LogP contribution in [-0.2, 0) is 14.8 Å². The van der Waals surface area contributed by atoms with Gasteiger partial charge in [0.2, 0.25) is 11.8 Å². The van der Waals surface area contributed by atoms with E-state index in [1.807, 2.05) is 0 Å². The molecule has 2 N–H and O–H groups in total. The molecular weight excluding hydrogens is 404 g/mol. The molecule has 154 valence electrons. The van der Waals surface area contributed by atoms with Crippen molar-refractivity contribution in [3.63, 3.8) is 0 Å². The van der Waals surface area contributed by atoms with E-state index in [2.05, 4.69) is 15.1 Å². The molecular formula is C21H20N4O4S. The number of sulfonamides is 1. The van der Waals surface area contributed by atoms with E-state index in [0.29, 0.717) is 28.1 Å². The number of amides is 1. The standard InChI is InChI=1S/C21H20N4O4S/c1-13-8-9-15(12-17(13)30(28,29)24-16-6-4-3-5-7-16)20-14(2)23-25-19(27)11-10-18(26)22-21(20)25/h3-9,12,24H,10-11H2,1-2H3,(H,22,26). The van der Waals surface area contributed by atoms with Gasteiger partial charge in [-0.15, -0.1) is 0 Å². The highest BCUT2D eigenvalue weighted by molar-refractivity contribution is 7.92. The van der Waals surface area contributed by atoms with Crippen molar-refractivity contribution in [3.8, 4) is 11.1 Å². The molecule has 0 atom stereocenters. The molecule has 3 aromatic rings. The van der Waals surface area contributed by atoms with Crippen molar-refractivity contribution in [1.82, 2.24) is 9.78 Å². The molecule has 0 radical (unpaired) electrons. The van der Waals surface area contributed by atoms with Gasteiger partial charge in [0.15, 0.2) is 0 Å². The molecule has 2 heterocycles. The average Bonchev–Trinajstić information content (AvgIpc) is 2.95. The summed E-state index contributed by atoms with van der Waals surface area (Å²) >= 11 is 0. The molecule has 30 heavy (non-hydrogen) atoms. The van der Waals surface area contributed by atoms with E-state index in [0.717, 1.165) is 0 Å². The van der Waals surface area contributed by atoms with Crippen LogP contribution in [-0.4, -0.2) is 30.0 Å². The van der Waals surface area contributed by atoms with Crippen LogP contribution in [0.25, 0.3) is 11.1 Å². The lowest BCUT2D eigenvalue weighted by Crippen LogP contribution is -2.14. The predicted octanol–water partition coefficient (Wildman–Crippen LogP) is 3.34. The molecule has 4 rings (SSSR count). The minimum Gasteiger partial charge on any atom is -0.310 e. The number of carbonyl (C=O) groups excluding carboxylic acids is 2. The smallest absolute Gasteiger partial charge is 0.262 e. The second-order valence-corrected chi connectivity index (χ2v) is 8.77. The minimum absolute atomic E-state index is 0.0634. The number of anilines is 2. The second-order valence-electron chi connectivity index (χ2n) is 7.11.